The molecule has 1 aliphatic rings. The molecule has 3 rings (SSSR count). The van der Waals surface area contributed by atoms with E-state index in [9.17, 15) is 23.6 Å². The van der Waals surface area contributed by atoms with Crippen LogP contribution < -0.4 is 10.6 Å². The number of ether oxygens (including phenoxy) is 1. The van der Waals surface area contributed by atoms with Gasteiger partial charge in [-0.05, 0) is 56.5 Å². The van der Waals surface area contributed by atoms with Gasteiger partial charge in [-0.15, -0.1) is 11.3 Å². The zero-order chi connectivity index (χ0) is 24.1. The maximum atomic E-state index is 13.2. The highest BCUT2D eigenvalue weighted by molar-refractivity contribution is 7.18. The van der Waals surface area contributed by atoms with Crippen LogP contribution in [0.3, 0.4) is 0 Å². The average Bonchev–Trinajstić information content (AvgIpc) is 3.14. The highest BCUT2D eigenvalue weighted by Gasteiger charge is 2.32. The van der Waals surface area contributed by atoms with Crippen LogP contribution in [0.25, 0.3) is 0 Å². The quantitative estimate of drug-likeness (QED) is 0.625. The molecule has 3 amide bonds. The molecular formula is C23H26FN3O5S. The molecule has 0 radical (unpaired) electrons. The summed E-state index contributed by atoms with van der Waals surface area (Å²) in [5, 5.41) is 5.55. The number of likely N-dealkylation sites (tertiary alicyclic amines) is 1. The number of nitrogens with one attached hydrogen (secondary N) is 2. The second-order valence-corrected chi connectivity index (χ2v) is 8.67. The minimum absolute atomic E-state index is 0.153. The number of rotatable bonds is 6. The summed E-state index contributed by atoms with van der Waals surface area (Å²) in [4.78, 5) is 52.4. The van der Waals surface area contributed by atoms with E-state index >= 15 is 0 Å². The fourth-order valence-electron chi connectivity index (χ4n) is 3.75. The smallest absolute Gasteiger partial charge is 0.341 e. The monoisotopic (exact) mass is 475 g/mol. The Balaban J connectivity index is 1.78. The van der Waals surface area contributed by atoms with Gasteiger partial charge in [0, 0.05) is 25.7 Å². The van der Waals surface area contributed by atoms with Crippen molar-refractivity contribution in [2.45, 2.75) is 26.7 Å². The third-order valence-corrected chi connectivity index (χ3v) is 6.67. The van der Waals surface area contributed by atoms with E-state index in [2.05, 4.69) is 10.6 Å². The van der Waals surface area contributed by atoms with Gasteiger partial charge in [0.15, 0.2) is 0 Å². The predicted octanol–water partition coefficient (Wildman–Crippen LogP) is 3.22. The van der Waals surface area contributed by atoms with Gasteiger partial charge >= 0.3 is 5.97 Å². The van der Waals surface area contributed by atoms with Crippen molar-refractivity contribution in [3.05, 3.63) is 51.7 Å². The molecule has 0 spiro atoms. The number of piperidine rings is 1. The zero-order valence-electron chi connectivity index (χ0n) is 18.7. The van der Waals surface area contributed by atoms with Crippen LogP contribution in [0.5, 0.6) is 0 Å². The van der Waals surface area contributed by atoms with E-state index in [4.69, 9.17) is 4.74 Å². The van der Waals surface area contributed by atoms with Crippen molar-refractivity contribution >= 4 is 40.0 Å². The van der Waals surface area contributed by atoms with Crippen molar-refractivity contribution in [2.24, 2.45) is 5.92 Å². The van der Waals surface area contributed by atoms with E-state index in [0.29, 0.717) is 35.4 Å². The van der Waals surface area contributed by atoms with Gasteiger partial charge in [0.1, 0.15) is 10.8 Å². The molecule has 0 unspecified atom stereocenters. The molecular weight excluding hydrogens is 449 g/mol. The van der Waals surface area contributed by atoms with Crippen LogP contribution in [0.15, 0.2) is 24.3 Å². The maximum absolute atomic E-state index is 13.2. The van der Waals surface area contributed by atoms with Crippen LogP contribution in [-0.2, 0) is 9.53 Å². The van der Waals surface area contributed by atoms with E-state index < -0.39 is 17.7 Å². The van der Waals surface area contributed by atoms with E-state index in [1.54, 1.807) is 18.7 Å². The lowest BCUT2D eigenvalue weighted by atomic mass is 9.96. The van der Waals surface area contributed by atoms with Crippen molar-refractivity contribution in [3.8, 4) is 0 Å². The number of esters is 1. The zero-order valence-corrected chi connectivity index (χ0v) is 19.5. The van der Waals surface area contributed by atoms with Crippen molar-refractivity contribution in [1.29, 1.82) is 0 Å². The number of hydrogen-bond acceptors (Lipinski definition) is 6. The molecule has 1 saturated heterocycles. The highest BCUT2D eigenvalue weighted by Crippen LogP contribution is 2.34. The van der Waals surface area contributed by atoms with Crippen LogP contribution in [0.2, 0.25) is 0 Å². The van der Waals surface area contributed by atoms with E-state index in [0.717, 1.165) is 11.3 Å². The Morgan fingerprint density at radius 2 is 1.91 bits per heavy atom. The topological polar surface area (TPSA) is 105 Å². The number of anilines is 1. The van der Waals surface area contributed by atoms with Crippen LogP contribution in [0.1, 0.15) is 55.7 Å². The molecule has 2 heterocycles. The summed E-state index contributed by atoms with van der Waals surface area (Å²) in [5.74, 6) is -2.52. The molecule has 0 bridgehead atoms. The Morgan fingerprint density at radius 1 is 1.21 bits per heavy atom. The third kappa shape index (κ3) is 5.39. The van der Waals surface area contributed by atoms with Gasteiger partial charge in [0.05, 0.1) is 23.0 Å². The molecule has 1 aromatic heterocycles. The van der Waals surface area contributed by atoms with Crippen LogP contribution in [-0.4, -0.2) is 55.3 Å². The SMILES string of the molecule is CCOC(=O)c1c(NC(=O)[C@H]2CCCN(C(=O)c3ccc(F)cc3)C2)sc(C(=O)NC)c1C. The Hall–Kier alpha value is -3.27. The number of hydrogen-bond donors (Lipinski definition) is 2. The van der Waals surface area contributed by atoms with Crippen LogP contribution in [0.4, 0.5) is 9.39 Å². The summed E-state index contributed by atoms with van der Waals surface area (Å²) < 4.78 is 18.3. The minimum Gasteiger partial charge on any atom is -0.462 e. The van der Waals surface area contributed by atoms with E-state index in [1.165, 1.54) is 31.3 Å². The number of nitrogens with zero attached hydrogens (tertiary/aromatic N) is 1. The van der Waals surface area contributed by atoms with Crippen molar-refractivity contribution in [3.63, 3.8) is 0 Å². The maximum Gasteiger partial charge on any atom is 0.341 e. The molecule has 1 aliphatic heterocycles. The first-order valence-electron chi connectivity index (χ1n) is 10.6. The first-order valence-corrected chi connectivity index (χ1v) is 11.5. The molecule has 0 saturated carbocycles. The lowest BCUT2D eigenvalue weighted by Gasteiger charge is -2.32. The fraction of sp³-hybridized carbons (Fsp3) is 0.391. The molecule has 2 N–H and O–H groups in total. The molecule has 0 aliphatic carbocycles. The molecule has 10 heteroatoms. The highest BCUT2D eigenvalue weighted by atomic mass is 32.1. The Bertz CT molecular complexity index is 1070. The van der Waals surface area contributed by atoms with Crippen molar-refractivity contribution < 1.29 is 28.3 Å². The summed E-state index contributed by atoms with van der Waals surface area (Å²) >= 11 is 1.01. The van der Waals surface area contributed by atoms with Gasteiger partial charge in [-0.2, -0.15) is 0 Å². The number of carbonyl (C=O) groups excluding carboxylic acids is 4. The molecule has 8 nitrogen and oxygen atoms in total. The Kier molecular flexibility index (Phi) is 7.80. The molecule has 1 aromatic carbocycles. The van der Waals surface area contributed by atoms with Crippen LogP contribution in [0, 0.1) is 18.7 Å². The van der Waals surface area contributed by atoms with Crippen molar-refractivity contribution in [1.82, 2.24) is 10.2 Å². The van der Waals surface area contributed by atoms with Gasteiger partial charge in [0.25, 0.3) is 11.8 Å². The molecule has 33 heavy (non-hydrogen) atoms. The first kappa shape index (κ1) is 24.4. The Labute approximate surface area is 195 Å². The summed E-state index contributed by atoms with van der Waals surface area (Å²) in [5.41, 5.74) is 0.944. The summed E-state index contributed by atoms with van der Waals surface area (Å²) in [6.45, 7) is 4.15. The minimum atomic E-state index is -0.617. The standard InChI is InChI=1S/C23H26FN3O5S/c1-4-32-23(31)17-13(2)18(20(29)25-3)33-21(17)26-19(28)15-6-5-11-27(12-15)22(30)14-7-9-16(24)10-8-14/h7-10,15H,4-6,11-12H2,1-3H3,(H,25,29)(H,26,28)/t15-/m0/s1. The molecule has 1 fully saturated rings. The lowest BCUT2D eigenvalue weighted by Crippen LogP contribution is -2.43. The number of amides is 3. The average molecular weight is 476 g/mol. The van der Waals surface area contributed by atoms with Gasteiger partial charge < -0.3 is 20.3 Å². The predicted molar refractivity (Wildman–Crippen MR) is 122 cm³/mol. The fourth-order valence-corrected chi connectivity index (χ4v) is 4.89. The molecule has 2 aromatic rings. The van der Waals surface area contributed by atoms with Gasteiger partial charge in [-0.3, -0.25) is 14.4 Å². The number of thiophene rings is 1. The second kappa shape index (κ2) is 10.6. The van der Waals surface area contributed by atoms with E-state index in [1.807, 2.05) is 0 Å². The molecule has 176 valence electrons. The lowest BCUT2D eigenvalue weighted by molar-refractivity contribution is -0.121. The Morgan fingerprint density at radius 3 is 2.55 bits per heavy atom. The largest absolute Gasteiger partial charge is 0.462 e. The number of halogens is 1. The summed E-state index contributed by atoms with van der Waals surface area (Å²) in [7, 11) is 1.48. The number of benzene rings is 1. The van der Waals surface area contributed by atoms with Gasteiger partial charge in [-0.1, -0.05) is 0 Å². The first-order chi connectivity index (χ1) is 15.8. The van der Waals surface area contributed by atoms with Crippen molar-refractivity contribution in [2.75, 3.05) is 32.1 Å². The summed E-state index contributed by atoms with van der Waals surface area (Å²) in [6, 6.07) is 5.28. The van der Waals surface area contributed by atoms with Gasteiger partial charge in [0.2, 0.25) is 5.91 Å². The van der Waals surface area contributed by atoms with Crippen LogP contribution >= 0.6 is 11.3 Å². The summed E-state index contributed by atoms with van der Waals surface area (Å²) in [6.07, 6.45) is 1.20. The third-order valence-electron chi connectivity index (χ3n) is 5.47. The number of carbonyl (C=O) groups is 4. The van der Waals surface area contributed by atoms with Gasteiger partial charge in [-0.25, -0.2) is 9.18 Å². The second-order valence-electron chi connectivity index (χ2n) is 7.65. The molecule has 1 atom stereocenters. The van der Waals surface area contributed by atoms with E-state index in [-0.39, 0.29) is 41.4 Å². The normalized spacial score (nSPS) is 15.6.